The van der Waals surface area contributed by atoms with Crippen molar-refractivity contribution >= 4 is 63.2 Å². The zero-order valence-electron chi connectivity index (χ0n) is 46.7. The largest absolute Gasteiger partial charge is 0.491 e. The van der Waals surface area contributed by atoms with Crippen LogP contribution in [0.4, 0.5) is 14.5 Å². The van der Waals surface area contributed by atoms with Crippen LogP contribution in [0.3, 0.4) is 0 Å². The summed E-state index contributed by atoms with van der Waals surface area (Å²) in [5.74, 6) is -0.937. The molecule has 81 heavy (non-hydrogen) atoms. The van der Waals surface area contributed by atoms with Crippen LogP contribution in [-0.2, 0) is 44.7 Å². The predicted octanol–water partition coefficient (Wildman–Crippen LogP) is 9.14. The summed E-state index contributed by atoms with van der Waals surface area (Å²) in [6.45, 7) is 12.2. The molecule has 0 unspecified atom stereocenters. The van der Waals surface area contributed by atoms with Crippen molar-refractivity contribution in [2.24, 2.45) is 17.3 Å². The SMILES string of the molecule is Cc1ncsc1-c1ccc(CNC(=O)[C@@H]2C[C@@H](O)CN2C(=O)[C@@H](NC(=O)C2(F)CC2)C(C)(C)C)c(OCCOCCOCCOCCOCCOc2cc(NC(=O)[C@H](C)[C@H]3CC[C@@H](c4ccnc5ccc(F)cc54)CC3)ccc2Cl)c1. The third-order valence-corrected chi connectivity index (χ3v) is 16.5. The average molecular weight is 1160 g/mol. The van der Waals surface area contributed by atoms with Gasteiger partial charge in [0, 0.05) is 54.3 Å². The molecule has 2 aromatic heterocycles. The number of ether oxygens (including phenoxy) is 6. The van der Waals surface area contributed by atoms with Crippen LogP contribution in [0.1, 0.15) is 95.4 Å². The standard InChI is InChI=1S/C60H75ClF2N6O11S/c1-37(39-6-8-40(9-7-39)46-16-19-64-49-15-12-43(62)31-47(46)49)55(71)67-44-13-14-48(61)52(32-44)80-29-27-78-25-23-76-21-20-75-22-24-77-26-28-79-51-30-41(53-38(2)66-36-81-53)10-11-42(51)34-65-56(72)50-33-45(70)35-69(50)57(73)54(59(3,4)5)68-58(74)60(63)17-18-60/h10-16,19,30-32,36-37,39-40,45,50,54,70H,6-9,17-18,20-29,33-35H2,1-5H3,(H,65,72)(H,67,71)(H,68,74)/t37-,39-,40+,45-,50+,54-/m1/s1. The Balaban J connectivity index is 0.683. The molecule has 8 rings (SSSR count). The number of aromatic nitrogens is 2. The molecule has 4 amide bonds. The highest BCUT2D eigenvalue weighted by Gasteiger charge is 2.53. The van der Waals surface area contributed by atoms with Gasteiger partial charge in [-0.2, -0.15) is 0 Å². The molecule has 2 saturated carbocycles. The number of aliphatic hydroxyl groups is 1. The lowest BCUT2D eigenvalue weighted by molar-refractivity contribution is -0.145. The molecule has 1 aliphatic heterocycles. The van der Waals surface area contributed by atoms with Gasteiger partial charge in [-0.05, 0) is 116 Å². The minimum absolute atomic E-state index is 0.00632. The van der Waals surface area contributed by atoms with E-state index in [2.05, 4.69) is 25.9 Å². The molecule has 5 aromatic rings. The Labute approximate surface area is 481 Å². The summed E-state index contributed by atoms with van der Waals surface area (Å²) in [6, 6.07) is 15.4. The number of alkyl halides is 1. The lowest BCUT2D eigenvalue weighted by Crippen LogP contribution is -2.59. The molecule has 3 aliphatic rings. The van der Waals surface area contributed by atoms with Gasteiger partial charge in [-0.15, -0.1) is 11.3 Å². The molecule has 2 aliphatic carbocycles. The van der Waals surface area contributed by atoms with Crippen LogP contribution in [0.5, 0.6) is 11.5 Å². The van der Waals surface area contributed by atoms with Gasteiger partial charge in [0.15, 0.2) is 5.67 Å². The number of likely N-dealkylation sites (tertiary alicyclic amines) is 1. The fraction of sp³-hybridized carbons (Fsp3) is 0.533. The average Bonchev–Trinajstić information content (AvgIpc) is 3.97. The fourth-order valence-electron chi connectivity index (χ4n) is 10.3. The Kier molecular flexibility index (Phi) is 21.5. The number of hydrogen-bond donors (Lipinski definition) is 4. The van der Waals surface area contributed by atoms with E-state index in [1.54, 1.807) is 62.8 Å². The summed E-state index contributed by atoms with van der Waals surface area (Å²) < 4.78 is 63.6. The van der Waals surface area contributed by atoms with Crippen LogP contribution < -0.4 is 25.4 Å². The van der Waals surface area contributed by atoms with E-state index >= 15 is 0 Å². The van der Waals surface area contributed by atoms with Gasteiger partial charge in [0.2, 0.25) is 17.7 Å². The maximum atomic E-state index is 14.6. The van der Waals surface area contributed by atoms with E-state index in [1.807, 2.05) is 38.1 Å². The van der Waals surface area contributed by atoms with Crippen molar-refractivity contribution in [2.45, 2.75) is 116 Å². The number of benzene rings is 3. The zero-order chi connectivity index (χ0) is 57.7. The lowest BCUT2D eigenvalue weighted by Gasteiger charge is -2.35. The molecule has 3 fully saturated rings. The highest BCUT2D eigenvalue weighted by atomic mass is 35.5. The number of aliphatic hydroxyl groups excluding tert-OH is 1. The minimum Gasteiger partial charge on any atom is -0.491 e. The van der Waals surface area contributed by atoms with Crippen molar-refractivity contribution in [2.75, 3.05) is 77.9 Å². The summed E-state index contributed by atoms with van der Waals surface area (Å²) >= 11 is 7.93. The van der Waals surface area contributed by atoms with Crippen LogP contribution in [0, 0.1) is 30.0 Å². The molecular formula is C60H75ClF2N6O11S. The molecular weight excluding hydrogens is 1090 g/mol. The van der Waals surface area contributed by atoms with Crippen LogP contribution >= 0.6 is 22.9 Å². The van der Waals surface area contributed by atoms with E-state index in [0.29, 0.717) is 79.9 Å². The highest BCUT2D eigenvalue weighted by molar-refractivity contribution is 7.13. The number of anilines is 1. The number of nitrogens with one attached hydrogen (secondary N) is 3. The van der Waals surface area contributed by atoms with Crippen molar-refractivity contribution in [1.82, 2.24) is 25.5 Å². The summed E-state index contributed by atoms with van der Waals surface area (Å²) in [4.78, 5) is 64.8. The van der Waals surface area contributed by atoms with E-state index in [1.165, 1.54) is 22.3 Å². The van der Waals surface area contributed by atoms with Crippen molar-refractivity contribution < 1.29 is 61.5 Å². The second-order valence-electron chi connectivity index (χ2n) is 22.2. The molecule has 4 N–H and O–H groups in total. The Bertz CT molecular complexity index is 2950. The zero-order valence-corrected chi connectivity index (χ0v) is 48.3. The van der Waals surface area contributed by atoms with Gasteiger partial charge in [-0.25, -0.2) is 13.8 Å². The smallest absolute Gasteiger partial charge is 0.258 e. The summed E-state index contributed by atoms with van der Waals surface area (Å²) in [5, 5.41) is 20.5. The number of pyridine rings is 1. The van der Waals surface area contributed by atoms with Crippen molar-refractivity contribution in [3.63, 3.8) is 0 Å². The minimum atomic E-state index is -1.98. The Morgan fingerprint density at radius 1 is 0.840 bits per heavy atom. The van der Waals surface area contributed by atoms with E-state index in [4.69, 9.17) is 40.0 Å². The first kappa shape index (κ1) is 61.2. The van der Waals surface area contributed by atoms with Gasteiger partial charge in [0.25, 0.3) is 5.91 Å². The number of hydrogen-bond acceptors (Lipinski definition) is 14. The Hall–Kier alpha value is -5.87. The molecule has 1 saturated heterocycles. The topological polar surface area (TPSA) is 209 Å². The first-order valence-electron chi connectivity index (χ1n) is 27.9. The number of halogens is 3. The molecule has 4 atom stereocenters. The fourth-order valence-corrected chi connectivity index (χ4v) is 11.3. The van der Waals surface area contributed by atoms with Gasteiger partial charge in [0.1, 0.15) is 42.6 Å². The quantitative estimate of drug-likeness (QED) is 0.0345. The van der Waals surface area contributed by atoms with Gasteiger partial charge in [0.05, 0.1) is 85.6 Å². The van der Waals surface area contributed by atoms with Crippen LogP contribution in [-0.4, -0.2) is 140 Å². The molecule has 438 valence electrons. The predicted molar refractivity (Wildman–Crippen MR) is 305 cm³/mol. The molecule has 21 heteroatoms. The number of thiazole rings is 1. The second kappa shape index (κ2) is 28.4. The number of amides is 4. The lowest BCUT2D eigenvalue weighted by atomic mass is 9.73. The normalized spacial score (nSPS) is 19.4. The molecule has 0 spiro atoms. The first-order valence-corrected chi connectivity index (χ1v) is 29.1. The number of carbonyl (C=O) groups is 4. The monoisotopic (exact) mass is 1160 g/mol. The summed E-state index contributed by atoms with van der Waals surface area (Å²) in [6.07, 6.45) is 4.65. The summed E-state index contributed by atoms with van der Waals surface area (Å²) in [5.41, 5.74) is 3.93. The third kappa shape index (κ3) is 16.7. The van der Waals surface area contributed by atoms with E-state index in [9.17, 15) is 33.1 Å². The van der Waals surface area contributed by atoms with Gasteiger partial charge >= 0.3 is 0 Å². The van der Waals surface area contributed by atoms with E-state index in [-0.39, 0.29) is 75.7 Å². The number of nitrogens with zero attached hydrogens (tertiary/aromatic N) is 3. The number of aryl methyl sites for hydroxylation is 1. The van der Waals surface area contributed by atoms with Gasteiger partial charge in [-0.3, -0.25) is 24.2 Å². The van der Waals surface area contributed by atoms with E-state index in [0.717, 1.165) is 58.3 Å². The molecule has 3 heterocycles. The van der Waals surface area contributed by atoms with Crippen molar-refractivity contribution in [3.05, 3.63) is 100 Å². The Morgan fingerprint density at radius 3 is 2.12 bits per heavy atom. The van der Waals surface area contributed by atoms with Crippen molar-refractivity contribution in [3.8, 4) is 21.9 Å². The van der Waals surface area contributed by atoms with Crippen molar-refractivity contribution in [1.29, 1.82) is 0 Å². The molecule has 17 nitrogen and oxygen atoms in total. The first-order chi connectivity index (χ1) is 38.9. The van der Waals surface area contributed by atoms with Gasteiger partial charge in [-0.1, -0.05) is 51.4 Å². The maximum absolute atomic E-state index is 14.6. The molecule has 3 aromatic carbocycles. The molecule has 0 radical (unpaired) electrons. The van der Waals surface area contributed by atoms with Gasteiger partial charge < -0.3 is 54.4 Å². The maximum Gasteiger partial charge on any atom is 0.258 e. The Morgan fingerprint density at radius 2 is 1.49 bits per heavy atom. The van der Waals surface area contributed by atoms with Crippen LogP contribution in [0.2, 0.25) is 5.02 Å². The van der Waals surface area contributed by atoms with E-state index < -0.39 is 47.0 Å². The highest BCUT2D eigenvalue weighted by Crippen LogP contribution is 2.42. The molecule has 0 bridgehead atoms. The number of rotatable bonds is 28. The third-order valence-electron chi connectivity index (χ3n) is 15.2. The van der Waals surface area contributed by atoms with Crippen LogP contribution in [0.15, 0.2) is 72.4 Å². The van der Waals surface area contributed by atoms with Crippen LogP contribution in [0.25, 0.3) is 21.3 Å². The number of β-amino-alcohol motifs (C(OH)–C–C–N with tert-alkyl or cyclic N) is 1. The number of fused-ring (bicyclic) bond motifs is 1. The number of carbonyl (C=O) groups excluding carboxylic acids is 4. The second-order valence-corrected chi connectivity index (χ2v) is 23.4. The summed E-state index contributed by atoms with van der Waals surface area (Å²) in [7, 11) is 0.